The topological polar surface area (TPSA) is 269 Å². The van der Waals surface area contributed by atoms with Crippen LogP contribution in [-0.4, -0.2) is 148 Å². The Bertz CT molecular complexity index is 2410. The molecule has 0 radical (unpaired) electrons. The van der Waals surface area contributed by atoms with E-state index >= 15 is 0 Å². The van der Waals surface area contributed by atoms with E-state index in [9.17, 15) is 29.4 Å². The molecule has 4 heterocycles. The first-order valence-electron chi connectivity index (χ1n) is 27.8. The molecule has 80 heavy (non-hydrogen) atoms. The van der Waals surface area contributed by atoms with Gasteiger partial charge in [0.25, 0.3) is 0 Å². The zero-order chi connectivity index (χ0) is 57.9. The second kappa shape index (κ2) is 33.4. The van der Waals surface area contributed by atoms with Crippen molar-refractivity contribution in [1.29, 1.82) is 10.5 Å². The number of fused-ring (bicyclic) bond motifs is 2. The Balaban J connectivity index is 0.000000274. The zero-order valence-corrected chi connectivity index (χ0v) is 47.3. The highest BCUT2D eigenvalue weighted by Gasteiger charge is 2.45. The predicted octanol–water partition coefficient (Wildman–Crippen LogP) is 7.35. The first-order valence-corrected chi connectivity index (χ1v) is 27.8. The van der Waals surface area contributed by atoms with Crippen LogP contribution in [0.25, 0.3) is 0 Å². The molecule has 4 aliphatic heterocycles. The lowest BCUT2D eigenvalue weighted by Crippen LogP contribution is -2.52. The number of hydrogen-bond acceptors (Lipinski definition) is 17. The summed E-state index contributed by atoms with van der Waals surface area (Å²) in [4.78, 5) is 50.3. The molecule has 5 N–H and O–H groups in total. The highest BCUT2D eigenvalue weighted by molar-refractivity contribution is 5.69. The Morgan fingerprint density at radius 1 is 0.675 bits per heavy atom. The van der Waals surface area contributed by atoms with Crippen LogP contribution in [-0.2, 0) is 62.1 Å². The molecule has 0 unspecified atom stereocenters. The molecule has 7 rings (SSSR count). The summed E-state index contributed by atoms with van der Waals surface area (Å²) >= 11 is 0. The van der Waals surface area contributed by atoms with Gasteiger partial charge in [0, 0.05) is 39.4 Å². The van der Waals surface area contributed by atoms with Crippen LogP contribution >= 0.6 is 0 Å². The molecule has 0 aliphatic carbocycles. The summed E-state index contributed by atoms with van der Waals surface area (Å²) in [5.74, 6) is -0.160. The molecule has 3 aromatic carbocycles. The normalized spacial score (nSPS) is 21.4. The van der Waals surface area contributed by atoms with E-state index < -0.39 is 54.1 Å². The first-order chi connectivity index (χ1) is 38.4. The van der Waals surface area contributed by atoms with Crippen LogP contribution in [0.3, 0.4) is 0 Å². The van der Waals surface area contributed by atoms with Crippen molar-refractivity contribution in [3.8, 4) is 12.1 Å². The van der Waals surface area contributed by atoms with Gasteiger partial charge in [-0.25, -0.2) is 14.4 Å². The lowest BCUT2D eigenvalue weighted by molar-refractivity contribution is -0.140. The van der Waals surface area contributed by atoms with Crippen molar-refractivity contribution >= 4 is 24.2 Å². The highest BCUT2D eigenvalue weighted by atomic mass is 16.7. The number of carbonyl (C=O) groups is 4. The Hall–Kier alpha value is -6.36. The average Bonchev–Trinajstić information content (AvgIpc) is 4.31. The van der Waals surface area contributed by atoms with Gasteiger partial charge in [-0.3, -0.25) is 4.79 Å². The summed E-state index contributed by atoms with van der Waals surface area (Å²) in [5.41, 5.74) is 2.29. The zero-order valence-electron chi connectivity index (χ0n) is 47.3. The molecule has 4 aliphatic rings. The smallest absolute Gasteiger partial charge is 0.410 e. The number of benzene rings is 3. The number of nitriles is 2. The van der Waals surface area contributed by atoms with Crippen molar-refractivity contribution < 1.29 is 67.3 Å². The van der Waals surface area contributed by atoms with Crippen molar-refractivity contribution in [2.24, 2.45) is 22.7 Å². The third kappa shape index (κ3) is 22.6. The minimum Gasteiger partial charge on any atom is -0.466 e. The maximum atomic E-state index is 13.3. The van der Waals surface area contributed by atoms with Gasteiger partial charge in [-0.1, -0.05) is 119 Å². The molecular weight excluding hydrogens is 1030 g/mol. The van der Waals surface area contributed by atoms with Gasteiger partial charge in [-0.05, 0) is 73.0 Å². The van der Waals surface area contributed by atoms with E-state index in [0.29, 0.717) is 71.6 Å². The fourth-order valence-corrected chi connectivity index (χ4v) is 9.79. The molecule has 4 fully saturated rings. The SMILES string of the molecule is CC(C)(CCC#N)CN(C[C@@H](O)[C@H](Cc1ccccc1)NC(=O)O[C@H]1CO[C@H]2OCC[C@H]21)C(=O)OCc1ccccc1.CC(C)(CCC#N)CNC[C@@H](O)[C@H](Cc1ccccc1)NC(=O)O[C@H]1CO[C@H]2OCC[C@H]21.CCOC(C)=O. The minimum atomic E-state index is -1.14. The molecule has 10 atom stereocenters. The molecule has 0 saturated carbocycles. The van der Waals surface area contributed by atoms with Gasteiger partial charge in [-0.2, -0.15) is 10.5 Å². The number of alkyl carbamates (subject to hydrolysis) is 2. The standard InChI is InChI=1S/C32H41N3O7.C24H35N3O5.C4H8O2/c1-32(2,15-9-16-33)22-35(31(38)41-20-24-12-7-4-8-13-24)19-27(36)26(18-23-10-5-3-6-11-23)34-30(37)42-28-21-40-29-25(28)14-17-39-29;1-24(2,10-6-11-25)16-26-14-20(28)19(13-17-7-4-3-5-8-17)27-23(29)32-21-15-31-22-18(21)9-12-30-22;1-3-6-4(2)5/h3-8,10-13,25-29,36H,9,14-15,17-22H2,1-2H3,(H,34,37);3-5,7-8,18-22,26,28H,6,9-10,12-16H2,1-2H3,(H,27,29);3H2,1-2H3/t25-,26-,27+,28-,29+;18-,19-,20+,21-,22+;/m00./s1. The third-order valence-corrected chi connectivity index (χ3v) is 14.2. The number of ether oxygens (including phenoxy) is 8. The molecular formula is C60H84N6O14. The average molecular weight is 1110 g/mol. The molecule has 20 heteroatoms. The molecule has 0 spiro atoms. The Kier molecular flexibility index (Phi) is 26.9. The van der Waals surface area contributed by atoms with Crippen LogP contribution in [0.15, 0.2) is 91.0 Å². The number of aliphatic hydroxyl groups is 2. The second-order valence-electron chi connectivity index (χ2n) is 22.1. The van der Waals surface area contributed by atoms with Crippen LogP contribution in [0, 0.1) is 45.3 Å². The molecule has 0 aromatic heterocycles. The van der Waals surface area contributed by atoms with Gasteiger partial charge in [0.05, 0.1) is 87.8 Å². The number of hydrogen-bond donors (Lipinski definition) is 5. The van der Waals surface area contributed by atoms with Crippen LogP contribution in [0.1, 0.15) is 96.8 Å². The number of rotatable bonds is 25. The fourth-order valence-electron chi connectivity index (χ4n) is 9.79. The number of aliphatic hydroxyl groups excluding tert-OH is 2. The molecule has 20 nitrogen and oxygen atoms in total. The monoisotopic (exact) mass is 1110 g/mol. The number of nitrogens with one attached hydrogen (secondary N) is 3. The molecule has 3 amide bonds. The van der Waals surface area contributed by atoms with E-state index in [2.05, 4.69) is 46.7 Å². The van der Waals surface area contributed by atoms with Gasteiger partial charge in [0.2, 0.25) is 0 Å². The van der Waals surface area contributed by atoms with Gasteiger partial charge in [0.15, 0.2) is 12.6 Å². The lowest BCUT2D eigenvalue weighted by Gasteiger charge is -2.35. The van der Waals surface area contributed by atoms with Gasteiger partial charge < -0.3 is 69.0 Å². The van der Waals surface area contributed by atoms with E-state index in [1.807, 2.05) is 105 Å². The summed E-state index contributed by atoms with van der Waals surface area (Å²) in [5, 5.41) is 49.3. The van der Waals surface area contributed by atoms with Gasteiger partial charge in [-0.15, -0.1) is 0 Å². The van der Waals surface area contributed by atoms with Crippen molar-refractivity contribution in [3.63, 3.8) is 0 Å². The Morgan fingerprint density at radius 2 is 1.14 bits per heavy atom. The van der Waals surface area contributed by atoms with Gasteiger partial charge in [0.1, 0.15) is 18.8 Å². The summed E-state index contributed by atoms with van der Waals surface area (Å²) < 4.78 is 43.5. The quantitative estimate of drug-likeness (QED) is 0.0410. The van der Waals surface area contributed by atoms with E-state index in [0.717, 1.165) is 36.0 Å². The first kappa shape index (κ1) is 64.5. The van der Waals surface area contributed by atoms with Crippen LogP contribution in [0.2, 0.25) is 0 Å². The Morgan fingerprint density at radius 3 is 1.59 bits per heavy atom. The largest absolute Gasteiger partial charge is 0.466 e. The van der Waals surface area contributed by atoms with Crippen LogP contribution in [0.4, 0.5) is 14.4 Å². The second-order valence-corrected chi connectivity index (χ2v) is 22.1. The highest BCUT2D eigenvalue weighted by Crippen LogP contribution is 2.34. The third-order valence-electron chi connectivity index (χ3n) is 14.2. The number of carbonyl (C=O) groups excluding carboxylic acids is 4. The van der Waals surface area contributed by atoms with E-state index in [1.54, 1.807) is 6.92 Å². The van der Waals surface area contributed by atoms with Crippen molar-refractivity contribution in [1.82, 2.24) is 20.9 Å². The van der Waals surface area contributed by atoms with Gasteiger partial charge >= 0.3 is 24.2 Å². The predicted molar refractivity (Wildman–Crippen MR) is 295 cm³/mol. The molecule has 4 saturated heterocycles. The minimum absolute atomic E-state index is 0.0150. The molecule has 0 bridgehead atoms. The van der Waals surface area contributed by atoms with E-state index in [4.69, 9.17) is 43.7 Å². The molecule has 438 valence electrons. The van der Waals surface area contributed by atoms with Crippen LogP contribution < -0.4 is 16.0 Å². The molecule has 3 aromatic rings. The maximum Gasteiger partial charge on any atom is 0.410 e. The van der Waals surface area contributed by atoms with Crippen LogP contribution in [0.5, 0.6) is 0 Å². The van der Waals surface area contributed by atoms with Crippen molar-refractivity contribution in [2.75, 3.05) is 59.2 Å². The summed E-state index contributed by atoms with van der Waals surface area (Å²) in [6, 6.07) is 31.6. The van der Waals surface area contributed by atoms with E-state index in [-0.39, 0.29) is 68.2 Å². The summed E-state index contributed by atoms with van der Waals surface area (Å²) in [6.45, 7) is 14.8. The summed E-state index contributed by atoms with van der Waals surface area (Å²) in [7, 11) is 0. The summed E-state index contributed by atoms with van der Waals surface area (Å²) in [6.07, 6.45) is -0.626. The lowest BCUT2D eigenvalue weighted by atomic mass is 9.87. The number of nitrogens with zero attached hydrogens (tertiary/aromatic N) is 3. The number of amides is 3. The Labute approximate surface area is 471 Å². The van der Waals surface area contributed by atoms with Crippen molar-refractivity contribution in [2.45, 2.75) is 149 Å². The maximum absolute atomic E-state index is 13.3. The number of esters is 1. The van der Waals surface area contributed by atoms with Crippen molar-refractivity contribution in [3.05, 3.63) is 108 Å². The fraction of sp³-hybridized carbons (Fsp3) is 0.600. The van der Waals surface area contributed by atoms with E-state index in [1.165, 1.54) is 11.8 Å².